The predicted molar refractivity (Wildman–Crippen MR) is 234 cm³/mol. The van der Waals surface area contributed by atoms with Crippen LogP contribution in [0.1, 0.15) is 44.5 Å². The SMILES string of the molecule is c1ccc2c(c1)Sc1cc3c(cc1C21c2cccnc2-c2ncc(-n4c5ccccc5c5ccccc54)cc21)-c1ccccc1C31c2ccccc2-c2ccccc21. The third kappa shape index (κ3) is 3.52. The molecule has 1 atom stereocenters. The molecule has 268 valence electrons. The van der Waals surface area contributed by atoms with E-state index in [1.54, 1.807) is 0 Å². The van der Waals surface area contributed by atoms with E-state index in [9.17, 15) is 0 Å². The summed E-state index contributed by atoms with van der Waals surface area (Å²) in [7, 11) is 0. The first kappa shape index (κ1) is 31.1. The number of hydrogen-bond donors (Lipinski definition) is 0. The first-order valence-electron chi connectivity index (χ1n) is 20.0. The highest BCUT2D eigenvalue weighted by Crippen LogP contribution is 2.67. The quantitative estimate of drug-likeness (QED) is 0.167. The molecule has 3 aliphatic carbocycles. The van der Waals surface area contributed by atoms with Gasteiger partial charge < -0.3 is 4.57 Å². The minimum absolute atomic E-state index is 0.420. The van der Waals surface area contributed by atoms with Crippen LogP contribution in [0.15, 0.2) is 198 Å². The van der Waals surface area contributed by atoms with Crippen LogP contribution in [0.25, 0.3) is 61.1 Å². The Morgan fingerprint density at radius 3 is 1.60 bits per heavy atom. The van der Waals surface area contributed by atoms with Crippen LogP contribution in [0.4, 0.5) is 0 Å². The number of aromatic nitrogens is 3. The van der Waals surface area contributed by atoms with Crippen molar-refractivity contribution in [3.8, 4) is 39.3 Å². The molecule has 0 saturated carbocycles. The molecule has 58 heavy (non-hydrogen) atoms. The highest BCUT2D eigenvalue weighted by molar-refractivity contribution is 7.99. The van der Waals surface area contributed by atoms with Crippen LogP contribution in [-0.2, 0) is 10.8 Å². The lowest BCUT2D eigenvalue weighted by Crippen LogP contribution is -2.33. The van der Waals surface area contributed by atoms with E-state index < -0.39 is 10.8 Å². The first-order chi connectivity index (χ1) is 28.8. The molecule has 0 bridgehead atoms. The van der Waals surface area contributed by atoms with Gasteiger partial charge in [0.1, 0.15) is 0 Å². The average Bonchev–Trinajstić information content (AvgIpc) is 3.97. The third-order valence-corrected chi connectivity index (χ3v) is 14.7. The summed E-state index contributed by atoms with van der Waals surface area (Å²) in [4.78, 5) is 13.1. The van der Waals surface area contributed by atoms with E-state index in [0.717, 1.165) is 17.1 Å². The molecule has 4 heteroatoms. The van der Waals surface area contributed by atoms with Gasteiger partial charge in [-0.15, -0.1) is 0 Å². The van der Waals surface area contributed by atoms with E-state index in [-0.39, 0.29) is 0 Å². The fraction of sp³-hybridized carbons (Fsp3) is 0.0370. The summed E-state index contributed by atoms with van der Waals surface area (Å²) in [5, 5.41) is 2.47. The Balaban J connectivity index is 1.11. The van der Waals surface area contributed by atoms with Crippen molar-refractivity contribution in [3.63, 3.8) is 0 Å². The molecule has 0 saturated heterocycles. The molecule has 1 unspecified atom stereocenters. The zero-order chi connectivity index (χ0) is 37.7. The maximum atomic E-state index is 5.39. The van der Waals surface area contributed by atoms with Gasteiger partial charge in [0.15, 0.2) is 0 Å². The Morgan fingerprint density at radius 1 is 0.379 bits per heavy atom. The zero-order valence-electron chi connectivity index (χ0n) is 31.1. The minimum atomic E-state index is -0.650. The second-order valence-corrected chi connectivity index (χ2v) is 17.1. The smallest absolute Gasteiger partial charge is 0.0939 e. The van der Waals surface area contributed by atoms with Crippen molar-refractivity contribution < 1.29 is 0 Å². The molecule has 7 aromatic carbocycles. The number of pyridine rings is 2. The van der Waals surface area contributed by atoms with Gasteiger partial charge in [-0.1, -0.05) is 145 Å². The molecule has 4 aliphatic rings. The maximum Gasteiger partial charge on any atom is 0.0939 e. The number of rotatable bonds is 1. The number of fused-ring (bicyclic) bond motifs is 22. The first-order valence-corrected chi connectivity index (χ1v) is 20.8. The van der Waals surface area contributed by atoms with Crippen molar-refractivity contribution in [2.45, 2.75) is 20.6 Å². The highest BCUT2D eigenvalue weighted by Gasteiger charge is 2.56. The molecule has 10 aromatic rings. The maximum absolute atomic E-state index is 5.39. The summed E-state index contributed by atoms with van der Waals surface area (Å²) in [5.74, 6) is 0. The summed E-state index contributed by atoms with van der Waals surface area (Å²) >= 11 is 1.90. The van der Waals surface area contributed by atoms with Crippen LogP contribution in [-0.4, -0.2) is 14.5 Å². The summed E-state index contributed by atoms with van der Waals surface area (Å²) in [5.41, 5.74) is 19.8. The number of para-hydroxylation sites is 2. The number of nitrogens with zero attached hydrogens (tertiary/aromatic N) is 3. The molecule has 4 heterocycles. The van der Waals surface area contributed by atoms with Gasteiger partial charge in [-0.25, -0.2) is 0 Å². The van der Waals surface area contributed by atoms with Gasteiger partial charge in [-0.3, -0.25) is 9.97 Å². The topological polar surface area (TPSA) is 30.7 Å². The molecule has 1 aliphatic heterocycles. The summed E-state index contributed by atoms with van der Waals surface area (Å²) in [6.07, 6.45) is 3.98. The van der Waals surface area contributed by atoms with Crippen molar-refractivity contribution >= 4 is 33.6 Å². The van der Waals surface area contributed by atoms with Crippen molar-refractivity contribution in [1.29, 1.82) is 0 Å². The monoisotopic (exact) mass is 753 g/mol. The Labute approximate surface area is 339 Å². The van der Waals surface area contributed by atoms with Gasteiger partial charge in [0, 0.05) is 32.3 Å². The molecule has 2 spiro atoms. The lowest BCUT2D eigenvalue weighted by molar-refractivity contribution is 0.714. The van der Waals surface area contributed by atoms with Gasteiger partial charge in [-0.05, 0) is 104 Å². The molecule has 0 amide bonds. The second kappa shape index (κ2) is 10.9. The average molecular weight is 754 g/mol. The van der Waals surface area contributed by atoms with Crippen LogP contribution in [0.2, 0.25) is 0 Å². The van der Waals surface area contributed by atoms with Crippen LogP contribution in [0, 0.1) is 0 Å². The van der Waals surface area contributed by atoms with Crippen LogP contribution in [0.5, 0.6) is 0 Å². The van der Waals surface area contributed by atoms with E-state index in [2.05, 4.69) is 187 Å². The van der Waals surface area contributed by atoms with E-state index in [1.165, 1.54) is 98.4 Å². The molecule has 3 aromatic heterocycles. The van der Waals surface area contributed by atoms with Crippen molar-refractivity contribution in [1.82, 2.24) is 14.5 Å². The van der Waals surface area contributed by atoms with Crippen LogP contribution < -0.4 is 0 Å². The fourth-order valence-corrected chi connectivity index (χ4v) is 12.7. The summed E-state index contributed by atoms with van der Waals surface area (Å²) in [6.45, 7) is 0. The molecule has 0 fully saturated rings. The number of hydrogen-bond acceptors (Lipinski definition) is 3. The molecule has 0 N–H and O–H groups in total. The van der Waals surface area contributed by atoms with Gasteiger partial charge in [0.25, 0.3) is 0 Å². The second-order valence-electron chi connectivity index (χ2n) is 16.0. The lowest BCUT2D eigenvalue weighted by atomic mass is 9.66. The van der Waals surface area contributed by atoms with Gasteiger partial charge in [-0.2, -0.15) is 0 Å². The fourth-order valence-electron chi connectivity index (χ4n) is 11.5. The predicted octanol–water partition coefficient (Wildman–Crippen LogP) is 12.7. The number of benzene rings is 7. The largest absolute Gasteiger partial charge is 0.308 e. The van der Waals surface area contributed by atoms with E-state index in [1.807, 2.05) is 18.0 Å². The van der Waals surface area contributed by atoms with Gasteiger partial charge in [0.05, 0.1) is 45.1 Å². The highest BCUT2D eigenvalue weighted by atomic mass is 32.2. The Bertz CT molecular complexity index is 3370. The Kier molecular flexibility index (Phi) is 5.84. The molecular formula is C54H31N3S. The molecular weight excluding hydrogens is 723 g/mol. The van der Waals surface area contributed by atoms with Crippen molar-refractivity contribution in [3.05, 3.63) is 233 Å². The normalized spacial score (nSPS) is 16.8. The molecule has 3 nitrogen and oxygen atoms in total. The Hall–Kier alpha value is -7.01. The summed E-state index contributed by atoms with van der Waals surface area (Å²) in [6, 6.07) is 65.7. The zero-order valence-corrected chi connectivity index (χ0v) is 32.0. The van der Waals surface area contributed by atoms with Gasteiger partial charge >= 0.3 is 0 Å². The molecule has 0 radical (unpaired) electrons. The standard InChI is InChI=1S/C54H31N3S/c1-6-19-39-33(14-1)34-15-2-7-20-40(34)53(39)41-21-8-3-16-35(41)38-29-45-50(30-44(38)53)58-49-26-12-9-22-42(49)54(45)43-23-13-27-55-51(43)52-46(54)28-32(31-56-52)57-47-24-10-4-17-36(47)37-18-5-11-25-48(37)57/h1-31H. The van der Waals surface area contributed by atoms with E-state index in [4.69, 9.17) is 9.97 Å². The third-order valence-electron chi connectivity index (χ3n) is 13.6. The van der Waals surface area contributed by atoms with Crippen LogP contribution >= 0.6 is 11.8 Å². The van der Waals surface area contributed by atoms with Gasteiger partial charge in [0.2, 0.25) is 0 Å². The Morgan fingerprint density at radius 2 is 0.914 bits per heavy atom. The summed E-state index contributed by atoms with van der Waals surface area (Å²) < 4.78 is 2.39. The molecule has 14 rings (SSSR count). The van der Waals surface area contributed by atoms with Crippen molar-refractivity contribution in [2.24, 2.45) is 0 Å². The van der Waals surface area contributed by atoms with E-state index >= 15 is 0 Å². The van der Waals surface area contributed by atoms with Crippen molar-refractivity contribution in [2.75, 3.05) is 0 Å². The minimum Gasteiger partial charge on any atom is -0.308 e. The lowest BCUT2D eigenvalue weighted by Gasteiger charge is -2.40. The van der Waals surface area contributed by atoms with Crippen LogP contribution in [0.3, 0.4) is 0 Å². The van der Waals surface area contributed by atoms with E-state index in [0.29, 0.717) is 0 Å².